The predicted octanol–water partition coefficient (Wildman–Crippen LogP) is 3.33. The van der Waals surface area contributed by atoms with Crippen LogP contribution in [0.5, 0.6) is 0 Å². The van der Waals surface area contributed by atoms with Crippen molar-refractivity contribution in [2.24, 2.45) is 0 Å². The topological polar surface area (TPSA) is 52.0 Å². The Balaban J connectivity index is 2.64. The standard InChI is InChI=1S/C12H12F2N2O/c1-6(2)10-11(16-17-12(10)15)8-5-7(13)3-4-9(8)14/h3-6H,15H2,1-2H3. The Morgan fingerprint density at radius 1 is 1.29 bits per heavy atom. The number of nitrogen functional groups attached to an aromatic ring is 1. The highest BCUT2D eigenvalue weighted by Gasteiger charge is 2.21. The minimum Gasteiger partial charge on any atom is -0.367 e. The van der Waals surface area contributed by atoms with Crippen molar-refractivity contribution in [3.63, 3.8) is 0 Å². The lowest BCUT2D eigenvalue weighted by Crippen LogP contribution is -1.96. The lowest BCUT2D eigenvalue weighted by Gasteiger charge is -2.06. The maximum atomic E-state index is 13.6. The molecule has 0 aliphatic heterocycles. The van der Waals surface area contributed by atoms with E-state index in [1.807, 2.05) is 13.8 Å². The first kappa shape index (κ1) is 11.6. The predicted molar refractivity (Wildman–Crippen MR) is 60.4 cm³/mol. The van der Waals surface area contributed by atoms with Crippen LogP contribution in [0.4, 0.5) is 14.7 Å². The summed E-state index contributed by atoms with van der Waals surface area (Å²) >= 11 is 0. The van der Waals surface area contributed by atoms with Gasteiger partial charge in [-0.25, -0.2) is 8.78 Å². The number of aromatic nitrogens is 1. The Morgan fingerprint density at radius 3 is 2.65 bits per heavy atom. The van der Waals surface area contributed by atoms with Crippen LogP contribution in [0.1, 0.15) is 25.3 Å². The van der Waals surface area contributed by atoms with Gasteiger partial charge < -0.3 is 10.3 Å². The molecule has 0 saturated heterocycles. The van der Waals surface area contributed by atoms with Gasteiger partial charge in [-0.05, 0) is 24.1 Å². The van der Waals surface area contributed by atoms with E-state index >= 15 is 0 Å². The first-order valence-corrected chi connectivity index (χ1v) is 5.21. The smallest absolute Gasteiger partial charge is 0.226 e. The molecule has 1 aromatic heterocycles. The van der Waals surface area contributed by atoms with Gasteiger partial charge >= 0.3 is 0 Å². The highest BCUT2D eigenvalue weighted by molar-refractivity contribution is 5.68. The third-order valence-electron chi connectivity index (χ3n) is 2.52. The van der Waals surface area contributed by atoms with Gasteiger partial charge in [-0.2, -0.15) is 0 Å². The van der Waals surface area contributed by atoms with Crippen molar-refractivity contribution in [2.75, 3.05) is 5.73 Å². The molecule has 2 aromatic rings. The van der Waals surface area contributed by atoms with E-state index in [1.54, 1.807) is 0 Å². The van der Waals surface area contributed by atoms with E-state index in [9.17, 15) is 8.78 Å². The van der Waals surface area contributed by atoms with E-state index in [-0.39, 0.29) is 23.1 Å². The lowest BCUT2D eigenvalue weighted by molar-refractivity contribution is 0.437. The number of halogens is 2. The molecular formula is C12H12F2N2O. The molecule has 0 saturated carbocycles. The van der Waals surface area contributed by atoms with Crippen molar-refractivity contribution in [1.82, 2.24) is 5.16 Å². The second-order valence-corrected chi connectivity index (χ2v) is 4.09. The van der Waals surface area contributed by atoms with Gasteiger partial charge in [0, 0.05) is 11.1 Å². The van der Waals surface area contributed by atoms with Crippen LogP contribution in [-0.4, -0.2) is 5.16 Å². The van der Waals surface area contributed by atoms with Gasteiger partial charge in [-0.3, -0.25) is 0 Å². The lowest BCUT2D eigenvalue weighted by atomic mass is 9.98. The van der Waals surface area contributed by atoms with Crippen LogP contribution >= 0.6 is 0 Å². The fraction of sp³-hybridized carbons (Fsp3) is 0.250. The average molecular weight is 238 g/mol. The Morgan fingerprint density at radius 2 is 2.00 bits per heavy atom. The van der Waals surface area contributed by atoms with Crippen molar-refractivity contribution < 1.29 is 13.3 Å². The van der Waals surface area contributed by atoms with E-state index in [0.29, 0.717) is 5.56 Å². The molecule has 3 nitrogen and oxygen atoms in total. The number of anilines is 1. The first-order chi connectivity index (χ1) is 8.00. The molecule has 17 heavy (non-hydrogen) atoms. The monoisotopic (exact) mass is 238 g/mol. The maximum absolute atomic E-state index is 13.6. The number of benzene rings is 1. The Labute approximate surface area is 97.2 Å². The van der Waals surface area contributed by atoms with E-state index in [4.69, 9.17) is 10.3 Å². The number of hydrogen-bond donors (Lipinski definition) is 1. The van der Waals surface area contributed by atoms with Crippen molar-refractivity contribution in [3.8, 4) is 11.3 Å². The maximum Gasteiger partial charge on any atom is 0.226 e. The molecule has 0 unspecified atom stereocenters. The number of nitrogens with zero attached hydrogens (tertiary/aromatic N) is 1. The molecule has 1 heterocycles. The molecule has 0 atom stereocenters. The molecule has 2 rings (SSSR count). The van der Waals surface area contributed by atoms with E-state index in [1.165, 1.54) is 0 Å². The molecule has 2 N–H and O–H groups in total. The van der Waals surface area contributed by atoms with Gasteiger partial charge in [-0.1, -0.05) is 19.0 Å². The largest absolute Gasteiger partial charge is 0.367 e. The van der Waals surface area contributed by atoms with E-state index in [0.717, 1.165) is 18.2 Å². The fourth-order valence-electron chi connectivity index (χ4n) is 1.74. The molecule has 1 aromatic carbocycles. The normalized spacial score (nSPS) is 11.1. The molecule has 0 spiro atoms. The van der Waals surface area contributed by atoms with Crippen LogP contribution in [0, 0.1) is 11.6 Å². The second-order valence-electron chi connectivity index (χ2n) is 4.09. The van der Waals surface area contributed by atoms with Gasteiger partial charge in [-0.15, -0.1) is 0 Å². The number of nitrogens with two attached hydrogens (primary N) is 1. The van der Waals surface area contributed by atoms with Crippen molar-refractivity contribution in [2.45, 2.75) is 19.8 Å². The summed E-state index contributed by atoms with van der Waals surface area (Å²) < 4.78 is 31.6. The zero-order valence-electron chi connectivity index (χ0n) is 9.50. The molecular weight excluding hydrogens is 226 g/mol. The molecule has 0 amide bonds. The van der Waals surface area contributed by atoms with Gasteiger partial charge in [0.2, 0.25) is 5.88 Å². The molecule has 5 heteroatoms. The second kappa shape index (κ2) is 4.16. The third-order valence-corrected chi connectivity index (χ3v) is 2.52. The van der Waals surface area contributed by atoms with Gasteiger partial charge in [0.1, 0.15) is 17.3 Å². The Bertz CT molecular complexity index is 549. The summed E-state index contributed by atoms with van der Waals surface area (Å²) in [5, 5.41) is 3.70. The Kier molecular flexibility index (Phi) is 2.83. The van der Waals surface area contributed by atoms with Crippen LogP contribution in [-0.2, 0) is 0 Å². The summed E-state index contributed by atoms with van der Waals surface area (Å²) in [5.74, 6) is -0.933. The SMILES string of the molecule is CC(C)c1c(-c2cc(F)ccc2F)noc1N. The zero-order valence-corrected chi connectivity index (χ0v) is 9.50. The van der Waals surface area contributed by atoms with Crippen LogP contribution in [0.25, 0.3) is 11.3 Å². The van der Waals surface area contributed by atoms with Gasteiger partial charge in [0.25, 0.3) is 0 Å². The molecule has 90 valence electrons. The van der Waals surface area contributed by atoms with E-state index < -0.39 is 11.6 Å². The molecule has 0 fully saturated rings. The summed E-state index contributed by atoms with van der Waals surface area (Å²) in [6.07, 6.45) is 0. The summed E-state index contributed by atoms with van der Waals surface area (Å²) in [4.78, 5) is 0. The molecule has 0 aliphatic carbocycles. The molecule has 0 bridgehead atoms. The zero-order chi connectivity index (χ0) is 12.6. The number of rotatable bonds is 2. The van der Waals surface area contributed by atoms with Crippen molar-refractivity contribution in [3.05, 3.63) is 35.4 Å². The minimum atomic E-state index is -0.554. The summed E-state index contributed by atoms with van der Waals surface area (Å²) in [6.45, 7) is 3.76. The van der Waals surface area contributed by atoms with Gasteiger partial charge in [0.05, 0.1) is 0 Å². The summed E-state index contributed by atoms with van der Waals surface area (Å²) in [6, 6.07) is 3.19. The van der Waals surface area contributed by atoms with Crippen LogP contribution in [0.15, 0.2) is 22.7 Å². The average Bonchev–Trinajstić information content (AvgIpc) is 2.64. The first-order valence-electron chi connectivity index (χ1n) is 5.21. The van der Waals surface area contributed by atoms with Crippen molar-refractivity contribution >= 4 is 5.88 Å². The quantitative estimate of drug-likeness (QED) is 0.873. The summed E-state index contributed by atoms with van der Waals surface area (Å²) in [5.41, 5.74) is 6.54. The van der Waals surface area contributed by atoms with Crippen LogP contribution < -0.4 is 5.73 Å². The number of hydrogen-bond acceptors (Lipinski definition) is 3. The highest BCUT2D eigenvalue weighted by Crippen LogP contribution is 2.34. The minimum absolute atomic E-state index is 0.0129. The molecule has 0 aliphatic rings. The summed E-state index contributed by atoms with van der Waals surface area (Å²) in [7, 11) is 0. The Hall–Kier alpha value is -1.91. The van der Waals surface area contributed by atoms with Crippen LogP contribution in [0.3, 0.4) is 0 Å². The third kappa shape index (κ3) is 2.00. The van der Waals surface area contributed by atoms with Gasteiger partial charge in [0.15, 0.2) is 0 Å². The van der Waals surface area contributed by atoms with E-state index in [2.05, 4.69) is 5.16 Å². The van der Waals surface area contributed by atoms with Crippen LogP contribution in [0.2, 0.25) is 0 Å². The fourth-order valence-corrected chi connectivity index (χ4v) is 1.74. The van der Waals surface area contributed by atoms with Crippen molar-refractivity contribution in [1.29, 1.82) is 0 Å². The highest BCUT2D eigenvalue weighted by atomic mass is 19.1. The molecule has 0 radical (unpaired) electrons.